The Hall–Kier alpha value is -2.28. The van der Waals surface area contributed by atoms with Crippen LogP contribution in [0.3, 0.4) is 0 Å². The predicted octanol–water partition coefficient (Wildman–Crippen LogP) is 1.19. The van der Waals surface area contributed by atoms with Crippen molar-refractivity contribution in [2.24, 2.45) is 0 Å². The molecule has 7 heteroatoms. The minimum absolute atomic E-state index is 0.0608. The molecule has 1 heterocycles. The average molecular weight is 308 g/mol. The van der Waals surface area contributed by atoms with Crippen molar-refractivity contribution in [1.82, 2.24) is 4.90 Å². The van der Waals surface area contributed by atoms with Crippen LogP contribution < -0.4 is 14.8 Å². The molecule has 2 N–H and O–H groups in total. The lowest BCUT2D eigenvalue weighted by Crippen LogP contribution is -2.40. The second kappa shape index (κ2) is 7.13. The SMILES string of the molecule is COc1ccc(NC(=O)CN2CCC[C@H]2C(=O)O)cc1OC. The Morgan fingerprint density at radius 2 is 2.05 bits per heavy atom. The van der Waals surface area contributed by atoms with Gasteiger partial charge in [0.1, 0.15) is 6.04 Å². The molecule has 1 fully saturated rings. The fourth-order valence-electron chi connectivity index (χ4n) is 2.59. The van der Waals surface area contributed by atoms with E-state index in [1.54, 1.807) is 23.1 Å². The minimum Gasteiger partial charge on any atom is -0.493 e. The van der Waals surface area contributed by atoms with Crippen LogP contribution in [0.5, 0.6) is 11.5 Å². The van der Waals surface area contributed by atoms with Crippen LogP contribution in [0.15, 0.2) is 18.2 Å². The molecular formula is C15H20N2O5. The van der Waals surface area contributed by atoms with E-state index in [9.17, 15) is 9.59 Å². The zero-order valence-electron chi connectivity index (χ0n) is 12.7. The first-order valence-corrected chi connectivity index (χ1v) is 7.04. The van der Waals surface area contributed by atoms with Gasteiger partial charge in [-0.25, -0.2) is 0 Å². The highest BCUT2D eigenvalue weighted by atomic mass is 16.5. The molecule has 0 bridgehead atoms. The number of likely N-dealkylation sites (tertiary alicyclic amines) is 1. The fourth-order valence-corrected chi connectivity index (χ4v) is 2.59. The first-order chi connectivity index (χ1) is 10.5. The smallest absolute Gasteiger partial charge is 0.320 e. The third-order valence-corrected chi connectivity index (χ3v) is 3.66. The summed E-state index contributed by atoms with van der Waals surface area (Å²) in [5.74, 6) is -0.0346. The van der Waals surface area contributed by atoms with E-state index in [4.69, 9.17) is 14.6 Å². The lowest BCUT2D eigenvalue weighted by atomic mass is 10.2. The molecule has 1 aliphatic heterocycles. The van der Waals surface area contributed by atoms with Gasteiger partial charge in [-0.3, -0.25) is 14.5 Å². The number of ether oxygens (including phenoxy) is 2. The molecule has 1 aromatic rings. The highest BCUT2D eigenvalue weighted by Crippen LogP contribution is 2.29. The Balaban J connectivity index is 1.98. The molecule has 0 unspecified atom stereocenters. The van der Waals surface area contributed by atoms with E-state index in [0.29, 0.717) is 30.2 Å². The maximum Gasteiger partial charge on any atom is 0.320 e. The van der Waals surface area contributed by atoms with Crippen molar-refractivity contribution < 1.29 is 24.2 Å². The van der Waals surface area contributed by atoms with E-state index < -0.39 is 12.0 Å². The third kappa shape index (κ3) is 3.67. The summed E-state index contributed by atoms with van der Waals surface area (Å²) in [6.45, 7) is 0.682. The topological polar surface area (TPSA) is 88.1 Å². The lowest BCUT2D eigenvalue weighted by Gasteiger charge is -2.20. The van der Waals surface area contributed by atoms with E-state index in [1.165, 1.54) is 14.2 Å². The van der Waals surface area contributed by atoms with E-state index in [2.05, 4.69) is 5.32 Å². The number of aliphatic carboxylic acids is 1. The number of methoxy groups -OCH3 is 2. The number of carboxylic acid groups (broad SMARTS) is 1. The zero-order chi connectivity index (χ0) is 16.1. The monoisotopic (exact) mass is 308 g/mol. The van der Waals surface area contributed by atoms with Gasteiger partial charge in [0.05, 0.1) is 20.8 Å². The summed E-state index contributed by atoms with van der Waals surface area (Å²) in [5.41, 5.74) is 0.578. The molecule has 0 radical (unpaired) electrons. The van der Waals surface area contributed by atoms with Crippen LogP contribution in [0.4, 0.5) is 5.69 Å². The Morgan fingerprint density at radius 3 is 2.68 bits per heavy atom. The number of nitrogens with one attached hydrogen (secondary N) is 1. The number of carbonyl (C=O) groups is 2. The average Bonchev–Trinajstić information content (AvgIpc) is 2.95. The van der Waals surface area contributed by atoms with E-state index in [0.717, 1.165) is 6.42 Å². The molecule has 0 aliphatic carbocycles. The summed E-state index contributed by atoms with van der Waals surface area (Å²) in [6, 6.07) is 4.49. The Kier molecular flexibility index (Phi) is 5.21. The van der Waals surface area contributed by atoms with Crippen molar-refractivity contribution in [3.8, 4) is 11.5 Å². The highest BCUT2D eigenvalue weighted by molar-refractivity contribution is 5.93. The predicted molar refractivity (Wildman–Crippen MR) is 80.4 cm³/mol. The Morgan fingerprint density at radius 1 is 1.32 bits per heavy atom. The number of hydrogen-bond acceptors (Lipinski definition) is 5. The number of carbonyl (C=O) groups excluding carboxylic acids is 1. The van der Waals surface area contributed by atoms with Crippen molar-refractivity contribution in [1.29, 1.82) is 0 Å². The molecular weight excluding hydrogens is 288 g/mol. The maximum atomic E-state index is 12.1. The molecule has 1 saturated heterocycles. The van der Waals surface area contributed by atoms with Gasteiger partial charge in [-0.2, -0.15) is 0 Å². The van der Waals surface area contributed by atoms with Gasteiger partial charge in [-0.05, 0) is 31.5 Å². The molecule has 120 valence electrons. The molecule has 1 atom stereocenters. The van der Waals surface area contributed by atoms with Crippen molar-refractivity contribution >= 4 is 17.6 Å². The van der Waals surface area contributed by atoms with E-state index >= 15 is 0 Å². The summed E-state index contributed by atoms with van der Waals surface area (Å²) in [6.07, 6.45) is 1.37. The van der Waals surface area contributed by atoms with Gasteiger partial charge in [0, 0.05) is 11.8 Å². The molecule has 0 saturated carbocycles. The van der Waals surface area contributed by atoms with Crippen LogP contribution in [-0.4, -0.2) is 55.2 Å². The Bertz CT molecular complexity index is 561. The van der Waals surface area contributed by atoms with Crippen LogP contribution in [-0.2, 0) is 9.59 Å². The van der Waals surface area contributed by atoms with E-state index in [-0.39, 0.29) is 12.5 Å². The fraction of sp³-hybridized carbons (Fsp3) is 0.467. The van der Waals surface area contributed by atoms with Crippen LogP contribution in [0, 0.1) is 0 Å². The van der Waals surface area contributed by atoms with Crippen molar-refractivity contribution in [3.05, 3.63) is 18.2 Å². The van der Waals surface area contributed by atoms with Crippen molar-refractivity contribution in [3.63, 3.8) is 0 Å². The van der Waals surface area contributed by atoms with Gasteiger partial charge in [0.2, 0.25) is 5.91 Å². The van der Waals surface area contributed by atoms with Gasteiger partial charge in [0.25, 0.3) is 0 Å². The minimum atomic E-state index is -0.878. The summed E-state index contributed by atoms with van der Waals surface area (Å²) in [7, 11) is 3.06. The molecule has 2 rings (SSSR count). The van der Waals surface area contributed by atoms with Crippen LogP contribution in [0.2, 0.25) is 0 Å². The molecule has 22 heavy (non-hydrogen) atoms. The molecule has 1 aliphatic rings. The normalized spacial score (nSPS) is 18.0. The molecule has 7 nitrogen and oxygen atoms in total. The van der Waals surface area contributed by atoms with Gasteiger partial charge in [-0.1, -0.05) is 0 Å². The zero-order valence-corrected chi connectivity index (χ0v) is 12.7. The largest absolute Gasteiger partial charge is 0.493 e. The standard InChI is InChI=1S/C15H20N2O5/c1-21-12-6-5-10(8-13(12)22-2)16-14(18)9-17-7-3-4-11(17)15(19)20/h5-6,8,11H,3-4,7,9H2,1-2H3,(H,16,18)(H,19,20)/t11-/m0/s1. The van der Waals surface area contributed by atoms with Gasteiger partial charge < -0.3 is 19.9 Å². The van der Waals surface area contributed by atoms with Gasteiger partial charge in [-0.15, -0.1) is 0 Å². The summed E-state index contributed by atoms with van der Waals surface area (Å²) in [5, 5.41) is 11.9. The number of amides is 1. The number of hydrogen-bond donors (Lipinski definition) is 2. The quantitative estimate of drug-likeness (QED) is 0.821. The lowest BCUT2D eigenvalue weighted by molar-refractivity contribution is -0.142. The van der Waals surface area contributed by atoms with Crippen LogP contribution in [0.1, 0.15) is 12.8 Å². The maximum absolute atomic E-state index is 12.1. The van der Waals surface area contributed by atoms with Crippen LogP contribution in [0.25, 0.3) is 0 Å². The highest BCUT2D eigenvalue weighted by Gasteiger charge is 2.31. The van der Waals surface area contributed by atoms with E-state index in [1.807, 2.05) is 0 Å². The number of rotatable bonds is 6. The van der Waals surface area contributed by atoms with Gasteiger partial charge >= 0.3 is 5.97 Å². The molecule has 0 aromatic heterocycles. The molecule has 1 aromatic carbocycles. The number of anilines is 1. The summed E-state index contributed by atoms with van der Waals surface area (Å²) < 4.78 is 10.3. The summed E-state index contributed by atoms with van der Waals surface area (Å²) >= 11 is 0. The van der Waals surface area contributed by atoms with Gasteiger partial charge in [0.15, 0.2) is 11.5 Å². The molecule has 0 spiro atoms. The van der Waals surface area contributed by atoms with Crippen molar-refractivity contribution in [2.75, 3.05) is 32.6 Å². The second-order valence-corrected chi connectivity index (χ2v) is 5.08. The first kappa shape index (κ1) is 16.1. The first-order valence-electron chi connectivity index (χ1n) is 7.04. The van der Waals surface area contributed by atoms with Crippen molar-refractivity contribution in [2.45, 2.75) is 18.9 Å². The number of benzene rings is 1. The third-order valence-electron chi connectivity index (χ3n) is 3.66. The second-order valence-electron chi connectivity index (χ2n) is 5.08. The molecule has 1 amide bonds. The summed E-state index contributed by atoms with van der Waals surface area (Å²) in [4.78, 5) is 24.9. The number of carboxylic acids is 1. The number of nitrogens with zero attached hydrogens (tertiary/aromatic N) is 1. The van der Waals surface area contributed by atoms with Crippen LogP contribution >= 0.6 is 0 Å². The Labute approximate surface area is 128 Å².